The lowest BCUT2D eigenvalue weighted by Gasteiger charge is -2.30. The van der Waals surface area contributed by atoms with Crippen LogP contribution in [0.4, 0.5) is 0 Å². The fraction of sp³-hybridized carbons (Fsp3) is 0.600. The number of alkyl halides is 2. The highest BCUT2D eigenvalue weighted by Gasteiger charge is 2.87. The van der Waals surface area contributed by atoms with Crippen LogP contribution >= 0.6 is 23.2 Å². The molecule has 1 aromatic carbocycles. The number of hydroxylamine groups is 1. The summed E-state index contributed by atoms with van der Waals surface area (Å²) in [7, 11) is -3.76. The van der Waals surface area contributed by atoms with Gasteiger partial charge in [0, 0.05) is 11.8 Å². The summed E-state index contributed by atoms with van der Waals surface area (Å²) in [4.78, 5) is 5.84. The Labute approximate surface area is 140 Å². The molecule has 0 aromatic heterocycles. The van der Waals surface area contributed by atoms with E-state index in [1.807, 2.05) is 0 Å². The fourth-order valence-corrected chi connectivity index (χ4v) is 7.45. The lowest BCUT2D eigenvalue weighted by molar-refractivity contribution is 0.174. The van der Waals surface area contributed by atoms with E-state index in [9.17, 15) is 8.42 Å². The predicted octanol–water partition coefficient (Wildman–Crippen LogP) is 3.56. The molecule has 22 heavy (non-hydrogen) atoms. The number of benzene rings is 1. The second-order valence-electron chi connectivity index (χ2n) is 6.96. The van der Waals surface area contributed by atoms with Gasteiger partial charge in [-0.3, -0.25) is 4.84 Å². The van der Waals surface area contributed by atoms with Gasteiger partial charge in [0.05, 0.1) is 4.90 Å². The lowest BCUT2D eigenvalue weighted by atomic mass is 9.81. The van der Waals surface area contributed by atoms with Crippen LogP contribution in [0, 0.1) is 17.3 Å². The van der Waals surface area contributed by atoms with E-state index in [1.54, 1.807) is 30.3 Å². The van der Waals surface area contributed by atoms with Crippen molar-refractivity contribution in [2.24, 2.45) is 17.3 Å². The zero-order valence-corrected chi connectivity index (χ0v) is 14.6. The Hall–Kier alpha value is -0.330. The van der Waals surface area contributed by atoms with Crippen LogP contribution in [-0.2, 0) is 14.9 Å². The molecule has 1 saturated heterocycles. The molecule has 4 atom stereocenters. The van der Waals surface area contributed by atoms with E-state index in [-0.39, 0.29) is 22.1 Å². The molecular formula is C15H17Cl2NO3S. The molecule has 4 rings (SSSR count). The zero-order chi connectivity index (χ0) is 16.0. The van der Waals surface area contributed by atoms with E-state index < -0.39 is 20.1 Å². The summed E-state index contributed by atoms with van der Waals surface area (Å²) in [6, 6.07) is 8.23. The monoisotopic (exact) mass is 361 g/mol. The van der Waals surface area contributed by atoms with Crippen molar-refractivity contribution in [2.75, 3.05) is 0 Å². The molecule has 2 aliphatic carbocycles. The third-order valence-electron chi connectivity index (χ3n) is 5.65. The van der Waals surface area contributed by atoms with Gasteiger partial charge in [-0.05, 0) is 34.9 Å². The summed E-state index contributed by atoms with van der Waals surface area (Å²) in [6.07, 6.45) is 1.77. The molecule has 1 aromatic rings. The van der Waals surface area contributed by atoms with Crippen LogP contribution in [-0.4, -0.2) is 22.9 Å². The van der Waals surface area contributed by atoms with Crippen molar-refractivity contribution >= 4 is 33.2 Å². The van der Waals surface area contributed by atoms with Gasteiger partial charge in [-0.15, -0.1) is 0 Å². The predicted molar refractivity (Wildman–Crippen MR) is 83.7 cm³/mol. The van der Waals surface area contributed by atoms with Gasteiger partial charge in [0.15, 0.2) is 4.33 Å². The van der Waals surface area contributed by atoms with Crippen molar-refractivity contribution in [2.45, 2.75) is 41.6 Å². The van der Waals surface area contributed by atoms with Gasteiger partial charge in [0.25, 0.3) is 10.0 Å². The quantitative estimate of drug-likeness (QED) is 0.597. The molecule has 0 radical (unpaired) electrons. The summed E-state index contributed by atoms with van der Waals surface area (Å²) in [5, 5.41) is 0. The van der Waals surface area contributed by atoms with Gasteiger partial charge in [-0.2, -0.15) is 0 Å². The van der Waals surface area contributed by atoms with Gasteiger partial charge >= 0.3 is 0 Å². The van der Waals surface area contributed by atoms with Crippen molar-refractivity contribution in [1.29, 1.82) is 0 Å². The SMILES string of the molecule is CC1(C)[C@H]2CC[C@@H]1C(Cl)(Cl)C21ON1S(=O)(=O)c1ccccc1. The van der Waals surface area contributed by atoms with Crippen LogP contribution in [0.2, 0.25) is 0 Å². The molecule has 2 bridgehead atoms. The molecule has 3 fully saturated rings. The number of halogens is 2. The highest BCUT2D eigenvalue weighted by Crippen LogP contribution is 2.77. The zero-order valence-electron chi connectivity index (χ0n) is 12.3. The van der Waals surface area contributed by atoms with Gasteiger partial charge < -0.3 is 0 Å². The molecule has 120 valence electrons. The Morgan fingerprint density at radius 2 is 1.73 bits per heavy atom. The highest BCUT2D eigenvalue weighted by atomic mass is 35.5. The van der Waals surface area contributed by atoms with E-state index >= 15 is 0 Å². The first kappa shape index (κ1) is 15.2. The molecule has 0 amide bonds. The fourth-order valence-electron chi connectivity index (χ4n) is 4.55. The second kappa shape index (κ2) is 4.19. The summed E-state index contributed by atoms with van der Waals surface area (Å²) in [5.74, 6) is 0.0165. The Morgan fingerprint density at radius 3 is 2.27 bits per heavy atom. The summed E-state index contributed by atoms with van der Waals surface area (Å²) < 4.78 is 25.5. The number of nitrogens with zero attached hydrogens (tertiary/aromatic N) is 1. The number of rotatable bonds is 2. The largest absolute Gasteiger partial charge is 0.268 e. The standard InChI is InChI=1S/C15H17Cl2NO3S/c1-13(2)11-8-9-12(13)15(14(11,16)17)18(21-15)22(19,20)10-6-4-3-5-7-10/h3-7,11-12H,8-9H2,1-2H3/t11-,12+,15?,18?/m0/s1. The Kier molecular flexibility index (Phi) is 2.90. The third-order valence-corrected chi connectivity index (χ3v) is 8.37. The molecule has 0 N–H and O–H groups in total. The molecule has 4 nitrogen and oxygen atoms in total. The van der Waals surface area contributed by atoms with E-state index in [0.29, 0.717) is 0 Å². The van der Waals surface area contributed by atoms with Crippen molar-refractivity contribution in [3.8, 4) is 0 Å². The van der Waals surface area contributed by atoms with Gasteiger partial charge in [0.2, 0.25) is 5.72 Å². The number of fused-ring (bicyclic) bond motifs is 3. The van der Waals surface area contributed by atoms with Crippen molar-refractivity contribution in [3.63, 3.8) is 0 Å². The first-order valence-corrected chi connectivity index (χ1v) is 9.54. The average Bonchev–Trinajstić information content (AvgIpc) is 3.10. The molecule has 3 aliphatic rings. The maximum atomic E-state index is 12.8. The number of hydrogen-bond donors (Lipinski definition) is 0. The van der Waals surface area contributed by atoms with E-state index in [2.05, 4.69) is 13.8 Å². The topological polar surface area (TPSA) is 49.7 Å². The normalized spacial score (nSPS) is 41.0. The number of hydrogen-bond acceptors (Lipinski definition) is 3. The summed E-state index contributed by atoms with van der Waals surface area (Å²) >= 11 is 13.3. The summed E-state index contributed by atoms with van der Waals surface area (Å²) in [5.41, 5.74) is -1.28. The number of sulfonamides is 1. The van der Waals surface area contributed by atoms with Gasteiger partial charge in [-0.25, -0.2) is 8.42 Å². The van der Waals surface area contributed by atoms with Gasteiger partial charge in [0.1, 0.15) is 0 Å². The molecule has 1 heterocycles. The van der Waals surface area contributed by atoms with Crippen LogP contribution in [0.15, 0.2) is 35.2 Å². The van der Waals surface area contributed by atoms with E-state index in [0.717, 1.165) is 17.3 Å². The van der Waals surface area contributed by atoms with Crippen LogP contribution in [0.5, 0.6) is 0 Å². The molecule has 1 spiro atoms. The lowest BCUT2D eigenvalue weighted by Crippen LogP contribution is -2.45. The Bertz CT molecular complexity index is 734. The van der Waals surface area contributed by atoms with Crippen molar-refractivity contribution in [1.82, 2.24) is 4.47 Å². The minimum absolute atomic E-state index is 0.00140. The smallest absolute Gasteiger partial charge is 0.251 e. The van der Waals surface area contributed by atoms with Crippen molar-refractivity contribution < 1.29 is 13.3 Å². The minimum Gasteiger partial charge on any atom is -0.251 e. The average molecular weight is 362 g/mol. The first-order valence-electron chi connectivity index (χ1n) is 7.34. The van der Waals surface area contributed by atoms with E-state index in [1.165, 1.54) is 0 Å². The molecule has 1 aliphatic heterocycles. The highest BCUT2D eigenvalue weighted by molar-refractivity contribution is 7.89. The van der Waals surface area contributed by atoms with Crippen LogP contribution in [0.3, 0.4) is 0 Å². The molecule has 7 heteroatoms. The third kappa shape index (κ3) is 1.54. The van der Waals surface area contributed by atoms with Crippen LogP contribution in [0.25, 0.3) is 0 Å². The Morgan fingerprint density at radius 1 is 1.14 bits per heavy atom. The van der Waals surface area contributed by atoms with Crippen LogP contribution < -0.4 is 0 Å². The summed E-state index contributed by atoms with van der Waals surface area (Å²) in [6.45, 7) is 4.19. The first-order chi connectivity index (χ1) is 10.2. The maximum absolute atomic E-state index is 12.8. The Balaban J connectivity index is 1.78. The minimum atomic E-state index is -3.76. The van der Waals surface area contributed by atoms with E-state index in [4.69, 9.17) is 28.0 Å². The second-order valence-corrected chi connectivity index (χ2v) is 10.1. The van der Waals surface area contributed by atoms with Crippen LogP contribution in [0.1, 0.15) is 26.7 Å². The van der Waals surface area contributed by atoms with Crippen molar-refractivity contribution in [3.05, 3.63) is 30.3 Å². The van der Waals surface area contributed by atoms with Gasteiger partial charge in [-0.1, -0.05) is 55.2 Å². The molecular weight excluding hydrogens is 345 g/mol. The maximum Gasteiger partial charge on any atom is 0.268 e. The molecule has 2 unspecified atom stereocenters. The molecule has 2 saturated carbocycles.